The Bertz CT molecular complexity index is 1520. The fourth-order valence-corrected chi connectivity index (χ4v) is 4.95. The zero-order valence-corrected chi connectivity index (χ0v) is 19.0. The van der Waals surface area contributed by atoms with Gasteiger partial charge >= 0.3 is 0 Å². The molecule has 2 aromatic carbocycles. The number of ketones is 1. The van der Waals surface area contributed by atoms with Crippen LogP contribution in [0.2, 0.25) is 5.02 Å². The van der Waals surface area contributed by atoms with Crippen LogP contribution in [0, 0.1) is 17.0 Å². The maximum Gasteiger partial charge on any atom is 0.296 e. The molecular formula is C23H14ClN3O6S. The van der Waals surface area contributed by atoms with Gasteiger partial charge in [0.05, 0.1) is 26.8 Å². The molecule has 1 unspecified atom stereocenters. The van der Waals surface area contributed by atoms with Gasteiger partial charge in [0.1, 0.15) is 5.76 Å². The number of benzene rings is 2. The van der Waals surface area contributed by atoms with Gasteiger partial charge in [0.2, 0.25) is 5.78 Å². The molecule has 0 radical (unpaired) electrons. The molecular weight excluding hydrogens is 482 g/mol. The Kier molecular flexibility index (Phi) is 5.18. The van der Waals surface area contributed by atoms with Gasteiger partial charge in [-0.05, 0) is 42.8 Å². The molecule has 0 bridgehead atoms. The van der Waals surface area contributed by atoms with Gasteiger partial charge in [-0.25, -0.2) is 4.98 Å². The lowest BCUT2D eigenvalue weighted by atomic mass is 9.95. The topological polar surface area (TPSA) is 127 Å². The first-order valence-corrected chi connectivity index (χ1v) is 11.1. The Morgan fingerprint density at radius 3 is 2.59 bits per heavy atom. The molecule has 1 N–H and O–H groups in total. The largest absolute Gasteiger partial charge is 0.503 e. The summed E-state index contributed by atoms with van der Waals surface area (Å²) < 4.78 is 5.93. The number of hydrogen-bond donors (Lipinski definition) is 1. The number of amides is 1. The van der Waals surface area contributed by atoms with Crippen molar-refractivity contribution in [2.24, 2.45) is 0 Å². The fourth-order valence-electron chi connectivity index (χ4n) is 3.80. The summed E-state index contributed by atoms with van der Waals surface area (Å²) in [6, 6.07) is 12.7. The van der Waals surface area contributed by atoms with E-state index < -0.39 is 28.4 Å². The van der Waals surface area contributed by atoms with Crippen molar-refractivity contribution in [3.05, 3.63) is 98.2 Å². The molecule has 34 heavy (non-hydrogen) atoms. The number of fused-ring (bicyclic) bond motifs is 1. The zero-order chi connectivity index (χ0) is 24.1. The van der Waals surface area contributed by atoms with Crippen LogP contribution in [-0.4, -0.2) is 26.7 Å². The summed E-state index contributed by atoms with van der Waals surface area (Å²) in [5, 5.41) is 22.6. The molecule has 1 aliphatic heterocycles. The number of anilines is 1. The van der Waals surface area contributed by atoms with Gasteiger partial charge in [0, 0.05) is 17.2 Å². The maximum absolute atomic E-state index is 13.3. The smallest absolute Gasteiger partial charge is 0.296 e. The lowest BCUT2D eigenvalue weighted by molar-refractivity contribution is -0.384. The summed E-state index contributed by atoms with van der Waals surface area (Å²) in [7, 11) is 0. The highest BCUT2D eigenvalue weighted by Crippen LogP contribution is 2.44. The summed E-state index contributed by atoms with van der Waals surface area (Å²) in [5.74, 6) is -1.70. The van der Waals surface area contributed by atoms with Crippen molar-refractivity contribution >= 4 is 55.7 Å². The van der Waals surface area contributed by atoms with Gasteiger partial charge < -0.3 is 9.52 Å². The molecule has 5 rings (SSSR count). The number of carbonyl (C=O) groups is 2. The molecule has 9 nitrogen and oxygen atoms in total. The van der Waals surface area contributed by atoms with Gasteiger partial charge in [-0.3, -0.25) is 24.6 Å². The molecule has 1 amide bonds. The second kappa shape index (κ2) is 8.08. The van der Waals surface area contributed by atoms with Crippen molar-refractivity contribution in [3.63, 3.8) is 0 Å². The van der Waals surface area contributed by atoms with Gasteiger partial charge in [-0.15, -0.1) is 0 Å². The van der Waals surface area contributed by atoms with Crippen molar-refractivity contribution < 1.29 is 24.0 Å². The van der Waals surface area contributed by atoms with E-state index in [1.807, 2.05) is 0 Å². The number of halogens is 1. The molecule has 0 saturated carbocycles. The predicted octanol–water partition coefficient (Wildman–Crippen LogP) is 5.54. The van der Waals surface area contributed by atoms with Crippen LogP contribution in [0.4, 0.5) is 10.8 Å². The number of furan rings is 1. The van der Waals surface area contributed by atoms with Crippen molar-refractivity contribution in [2.45, 2.75) is 13.0 Å². The van der Waals surface area contributed by atoms with Crippen LogP contribution >= 0.6 is 22.9 Å². The zero-order valence-electron chi connectivity index (χ0n) is 17.4. The molecule has 2 aromatic heterocycles. The Hall–Kier alpha value is -4.02. The highest BCUT2D eigenvalue weighted by molar-refractivity contribution is 7.22. The molecule has 3 heterocycles. The van der Waals surface area contributed by atoms with Crippen molar-refractivity contribution in [3.8, 4) is 0 Å². The third-order valence-electron chi connectivity index (χ3n) is 5.38. The second-order valence-corrected chi connectivity index (χ2v) is 8.98. The molecule has 0 saturated heterocycles. The monoisotopic (exact) mass is 495 g/mol. The minimum Gasteiger partial charge on any atom is -0.503 e. The number of Topliss-reactive ketones (excluding diaryl/α,β-unsaturated/α-hetero) is 1. The molecule has 4 aromatic rings. The Labute approximate surface area is 200 Å². The van der Waals surface area contributed by atoms with E-state index in [1.54, 1.807) is 37.3 Å². The van der Waals surface area contributed by atoms with Crippen LogP contribution in [0.5, 0.6) is 0 Å². The van der Waals surface area contributed by atoms with E-state index in [2.05, 4.69) is 4.98 Å². The Morgan fingerprint density at radius 1 is 1.21 bits per heavy atom. The van der Waals surface area contributed by atoms with Gasteiger partial charge in [0.15, 0.2) is 16.7 Å². The minimum atomic E-state index is -1.02. The number of aliphatic hydroxyl groups is 1. The number of thiazole rings is 1. The summed E-state index contributed by atoms with van der Waals surface area (Å²) in [6.45, 7) is 1.67. The number of nitrogens with zero attached hydrogens (tertiary/aromatic N) is 3. The maximum atomic E-state index is 13.3. The first kappa shape index (κ1) is 21.8. The average Bonchev–Trinajstić information content (AvgIpc) is 3.49. The van der Waals surface area contributed by atoms with Gasteiger partial charge in [0.25, 0.3) is 11.6 Å². The SMILES string of the molecule is Cc1ccc(C(=O)C2=C(O)C(=O)N(c3nc4ccc([N+](=O)[O-])cc4s3)C2c2ccc(Cl)cc2)o1. The molecule has 0 spiro atoms. The normalized spacial score (nSPS) is 16.0. The highest BCUT2D eigenvalue weighted by atomic mass is 35.5. The molecule has 11 heteroatoms. The highest BCUT2D eigenvalue weighted by Gasteiger charge is 2.46. The van der Waals surface area contributed by atoms with Crippen LogP contribution in [0.3, 0.4) is 0 Å². The summed E-state index contributed by atoms with van der Waals surface area (Å²) in [5.41, 5.74) is 0.675. The van der Waals surface area contributed by atoms with Crippen LogP contribution < -0.4 is 4.90 Å². The number of aromatic nitrogens is 1. The molecule has 1 aliphatic rings. The van der Waals surface area contributed by atoms with E-state index in [4.69, 9.17) is 16.0 Å². The summed E-state index contributed by atoms with van der Waals surface area (Å²) in [6.07, 6.45) is 0. The lowest BCUT2D eigenvalue weighted by Gasteiger charge is -2.24. The number of nitro benzene ring substituents is 1. The lowest BCUT2D eigenvalue weighted by Crippen LogP contribution is -2.30. The summed E-state index contributed by atoms with van der Waals surface area (Å²) >= 11 is 7.07. The van der Waals surface area contributed by atoms with Crippen LogP contribution in [-0.2, 0) is 4.79 Å². The molecule has 170 valence electrons. The van der Waals surface area contributed by atoms with Crippen LogP contribution in [0.15, 0.2) is 70.3 Å². The third kappa shape index (κ3) is 3.53. The number of non-ortho nitro benzene ring substituents is 1. The van der Waals surface area contributed by atoms with E-state index in [-0.39, 0.29) is 22.2 Å². The van der Waals surface area contributed by atoms with E-state index in [9.17, 15) is 24.8 Å². The first-order chi connectivity index (χ1) is 16.2. The quantitative estimate of drug-likeness (QED) is 0.218. The molecule has 0 aliphatic carbocycles. The Morgan fingerprint density at radius 2 is 1.94 bits per heavy atom. The van der Waals surface area contributed by atoms with E-state index >= 15 is 0 Å². The minimum absolute atomic E-state index is 0.0208. The van der Waals surface area contributed by atoms with Gasteiger partial charge in [-0.2, -0.15) is 0 Å². The van der Waals surface area contributed by atoms with E-state index in [0.29, 0.717) is 26.6 Å². The standard InChI is InChI=1S/C23H14ClN3O6S/c1-11-2-9-16(33-11)20(28)18-19(12-3-5-13(24)6-4-12)26(22(30)21(18)29)23-25-15-8-7-14(27(31)32)10-17(15)34-23/h2-10,19,29H,1H3. The molecule has 0 fully saturated rings. The molecule has 1 atom stereocenters. The number of aliphatic hydroxyl groups excluding tert-OH is 1. The van der Waals surface area contributed by atoms with Crippen LogP contribution in [0.25, 0.3) is 10.2 Å². The Balaban J connectivity index is 1.66. The number of rotatable bonds is 5. The first-order valence-electron chi connectivity index (χ1n) is 9.93. The van der Waals surface area contributed by atoms with Crippen LogP contribution in [0.1, 0.15) is 27.9 Å². The van der Waals surface area contributed by atoms with Crippen molar-refractivity contribution in [1.82, 2.24) is 4.98 Å². The average molecular weight is 496 g/mol. The van der Waals surface area contributed by atoms with Crippen molar-refractivity contribution in [2.75, 3.05) is 4.90 Å². The summed E-state index contributed by atoms with van der Waals surface area (Å²) in [4.78, 5) is 42.8. The second-order valence-electron chi connectivity index (χ2n) is 7.54. The number of nitro groups is 1. The fraction of sp³-hybridized carbons (Fsp3) is 0.0870. The third-order valence-corrected chi connectivity index (χ3v) is 6.65. The number of hydrogen-bond acceptors (Lipinski definition) is 8. The van der Waals surface area contributed by atoms with Crippen molar-refractivity contribution in [1.29, 1.82) is 0 Å². The predicted molar refractivity (Wildman–Crippen MR) is 125 cm³/mol. The van der Waals surface area contributed by atoms with E-state index in [1.165, 1.54) is 29.2 Å². The number of aryl methyl sites for hydroxylation is 1. The van der Waals surface area contributed by atoms with E-state index in [0.717, 1.165) is 11.3 Å². The van der Waals surface area contributed by atoms with Gasteiger partial charge in [-0.1, -0.05) is 35.1 Å². The number of carbonyl (C=O) groups excluding carboxylic acids is 2.